The highest BCUT2D eigenvalue weighted by Gasteiger charge is 2.16. The molecule has 0 bridgehead atoms. The fourth-order valence-electron chi connectivity index (χ4n) is 2.12. The highest BCUT2D eigenvalue weighted by atomic mass is 16.1. The predicted molar refractivity (Wildman–Crippen MR) is 78.3 cm³/mol. The Bertz CT molecular complexity index is 548. The molecule has 2 aromatic carbocycles. The summed E-state index contributed by atoms with van der Waals surface area (Å²) >= 11 is 0. The average Bonchev–Trinajstić information content (AvgIpc) is 2.47. The van der Waals surface area contributed by atoms with Gasteiger partial charge in [-0.15, -0.1) is 0 Å². The topological polar surface area (TPSA) is 43.1 Å². The first-order chi connectivity index (χ1) is 9.20. The molecule has 0 heterocycles. The van der Waals surface area contributed by atoms with Gasteiger partial charge >= 0.3 is 0 Å². The number of benzene rings is 2. The molecule has 1 unspecified atom stereocenters. The Balaban J connectivity index is 2.10. The van der Waals surface area contributed by atoms with Crippen LogP contribution in [0.2, 0.25) is 0 Å². The van der Waals surface area contributed by atoms with Gasteiger partial charge in [-0.05, 0) is 30.0 Å². The van der Waals surface area contributed by atoms with E-state index >= 15 is 0 Å². The van der Waals surface area contributed by atoms with Crippen LogP contribution < -0.4 is 5.73 Å². The van der Waals surface area contributed by atoms with Crippen LogP contribution >= 0.6 is 0 Å². The molecule has 0 saturated heterocycles. The molecule has 98 valence electrons. The Hall–Kier alpha value is -1.93. The van der Waals surface area contributed by atoms with Crippen molar-refractivity contribution in [2.45, 2.75) is 25.8 Å². The summed E-state index contributed by atoms with van der Waals surface area (Å²) in [6.07, 6.45) is 1.51. The Morgan fingerprint density at radius 3 is 2.42 bits per heavy atom. The van der Waals surface area contributed by atoms with Crippen LogP contribution in [0.1, 0.15) is 28.4 Å². The third kappa shape index (κ3) is 3.52. The Kier molecular flexibility index (Phi) is 4.48. The molecule has 2 N–H and O–H groups in total. The van der Waals surface area contributed by atoms with Gasteiger partial charge in [-0.3, -0.25) is 4.79 Å². The lowest BCUT2D eigenvalue weighted by atomic mass is 9.97. The molecule has 0 amide bonds. The van der Waals surface area contributed by atoms with Crippen molar-refractivity contribution in [1.82, 2.24) is 0 Å². The van der Waals surface area contributed by atoms with E-state index in [0.29, 0.717) is 12.0 Å². The van der Waals surface area contributed by atoms with E-state index in [2.05, 4.69) is 6.92 Å². The minimum absolute atomic E-state index is 0.0131. The molecule has 1 atom stereocenters. The second-order valence-electron chi connectivity index (χ2n) is 4.71. The summed E-state index contributed by atoms with van der Waals surface area (Å²) in [5.41, 5.74) is 8.99. The van der Waals surface area contributed by atoms with Crippen LogP contribution in [0.25, 0.3) is 0 Å². The quantitative estimate of drug-likeness (QED) is 0.832. The van der Waals surface area contributed by atoms with Crippen LogP contribution in [-0.4, -0.2) is 11.8 Å². The van der Waals surface area contributed by atoms with E-state index in [1.165, 1.54) is 0 Å². The van der Waals surface area contributed by atoms with Gasteiger partial charge in [-0.2, -0.15) is 0 Å². The highest BCUT2D eigenvalue weighted by Crippen LogP contribution is 2.10. The van der Waals surface area contributed by atoms with E-state index in [-0.39, 0.29) is 5.78 Å². The molecule has 2 rings (SSSR count). The fraction of sp³-hybridized carbons (Fsp3) is 0.235. The van der Waals surface area contributed by atoms with Crippen molar-refractivity contribution in [3.8, 4) is 0 Å². The Labute approximate surface area is 114 Å². The van der Waals surface area contributed by atoms with Crippen LogP contribution in [0, 0.1) is 0 Å². The van der Waals surface area contributed by atoms with Gasteiger partial charge in [-0.25, -0.2) is 0 Å². The molecular formula is C17H19NO. The molecule has 0 aliphatic carbocycles. The zero-order chi connectivity index (χ0) is 13.7. The monoisotopic (exact) mass is 253 g/mol. The Morgan fingerprint density at radius 1 is 1.05 bits per heavy atom. The molecule has 0 aromatic heterocycles. The number of Topliss-reactive ketones (excluding diaryl/α,β-unsaturated/α-hetero) is 1. The molecule has 0 aliphatic rings. The Morgan fingerprint density at radius 2 is 1.74 bits per heavy atom. The minimum atomic E-state index is -0.477. The minimum Gasteiger partial charge on any atom is -0.321 e. The average molecular weight is 253 g/mol. The number of hydrogen-bond acceptors (Lipinski definition) is 2. The van der Waals surface area contributed by atoms with E-state index in [4.69, 9.17) is 5.73 Å². The number of nitrogens with two attached hydrogens (primary N) is 1. The molecule has 2 heteroatoms. The summed E-state index contributed by atoms with van der Waals surface area (Å²) in [4.78, 5) is 12.3. The van der Waals surface area contributed by atoms with Crippen LogP contribution in [-0.2, 0) is 12.8 Å². The van der Waals surface area contributed by atoms with Gasteiger partial charge in [0.2, 0.25) is 0 Å². The van der Waals surface area contributed by atoms with Crippen molar-refractivity contribution in [3.63, 3.8) is 0 Å². The first kappa shape index (κ1) is 13.5. The zero-order valence-electron chi connectivity index (χ0n) is 11.2. The second-order valence-corrected chi connectivity index (χ2v) is 4.71. The second kappa shape index (κ2) is 6.30. The lowest BCUT2D eigenvalue weighted by molar-refractivity contribution is 0.0961. The van der Waals surface area contributed by atoms with Crippen LogP contribution in [0.5, 0.6) is 0 Å². The molecule has 0 aliphatic heterocycles. The number of carbonyl (C=O) groups excluding carboxylic acids is 1. The van der Waals surface area contributed by atoms with E-state index in [0.717, 1.165) is 17.5 Å². The summed E-state index contributed by atoms with van der Waals surface area (Å²) in [5.74, 6) is 0.0131. The van der Waals surface area contributed by atoms with Crippen LogP contribution in [0.15, 0.2) is 54.6 Å². The maximum absolute atomic E-state index is 12.3. The molecule has 0 spiro atoms. The van der Waals surface area contributed by atoms with Crippen LogP contribution in [0.4, 0.5) is 0 Å². The normalized spacial score (nSPS) is 12.1. The summed E-state index contributed by atoms with van der Waals surface area (Å²) in [6.45, 7) is 2.08. The molecule has 2 nitrogen and oxygen atoms in total. The van der Waals surface area contributed by atoms with Gasteiger partial charge in [0.1, 0.15) is 0 Å². The maximum atomic E-state index is 12.3. The lowest BCUT2D eigenvalue weighted by Crippen LogP contribution is -2.32. The van der Waals surface area contributed by atoms with Crippen molar-refractivity contribution in [1.29, 1.82) is 0 Å². The zero-order valence-corrected chi connectivity index (χ0v) is 11.2. The first-order valence-corrected chi connectivity index (χ1v) is 6.63. The van der Waals surface area contributed by atoms with Crippen molar-refractivity contribution >= 4 is 5.78 Å². The van der Waals surface area contributed by atoms with Gasteiger partial charge in [-0.1, -0.05) is 55.5 Å². The standard InChI is InChI=1S/C17H19NO/c1-2-13-9-6-10-15(11-13)17(19)16(18)12-14-7-4-3-5-8-14/h3-11,16H,2,12,18H2,1H3. The molecular weight excluding hydrogens is 234 g/mol. The molecule has 0 saturated carbocycles. The summed E-state index contributed by atoms with van der Waals surface area (Å²) < 4.78 is 0. The largest absolute Gasteiger partial charge is 0.321 e. The molecule has 0 fully saturated rings. The number of carbonyl (C=O) groups is 1. The number of aryl methyl sites for hydroxylation is 1. The third-order valence-corrected chi connectivity index (χ3v) is 3.25. The summed E-state index contributed by atoms with van der Waals surface area (Å²) in [6, 6.07) is 17.1. The van der Waals surface area contributed by atoms with Gasteiger partial charge < -0.3 is 5.73 Å². The predicted octanol–water partition coefficient (Wildman–Crippen LogP) is 3.00. The van der Waals surface area contributed by atoms with E-state index in [1.54, 1.807) is 0 Å². The number of hydrogen-bond donors (Lipinski definition) is 1. The van der Waals surface area contributed by atoms with Crippen molar-refractivity contribution in [3.05, 3.63) is 71.3 Å². The van der Waals surface area contributed by atoms with E-state index < -0.39 is 6.04 Å². The van der Waals surface area contributed by atoms with Gasteiger partial charge in [0.05, 0.1) is 6.04 Å². The third-order valence-electron chi connectivity index (χ3n) is 3.25. The van der Waals surface area contributed by atoms with Gasteiger partial charge in [0.15, 0.2) is 5.78 Å². The summed E-state index contributed by atoms with van der Waals surface area (Å²) in [5, 5.41) is 0. The van der Waals surface area contributed by atoms with Gasteiger partial charge in [0, 0.05) is 5.56 Å². The lowest BCUT2D eigenvalue weighted by Gasteiger charge is -2.11. The summed E-state index contributed by atoms with van der Waals surface area (Å²) in [7, 11) is 0. The first-order valence-electron chi connectivity index (χ1n) is 6.63. The smallest absolute Gasteiger partial charge is 0.179 e. The fourth-order valence-corrected chi connectivity index (χ4v) is 2.12. The van der Waals surface area contributed by atoms with Crippen molar-refractivity contribution in [2.75, 3.05) is 0 Å². The van der Waals surface area contributed by atoms with Crippen molar-refractivity contribution in [2.24, 2.45) is 5.73 Å². The molecule has 0 radical (unpaired) electrons. The number of ketones is 1. The highest BCUT2D eigenvalue weighted by molar-refractivity contribution is 6.00. The molecule has 19 heavy (non-hydrogen) atoms. The van der Waals surface area contributed by atoms with E-state index in [1.807, 2.05) is 54.6 Å². The number of rotatable bonds is 5. The van der Waals surface area contributed by atoms with Gasteiger partial charge in [0.25, 0.3) is 0 Å². The van der Waals surface area contributed by atoms with Crippen LogP contribution in [0.3, 0.4) is 0 Å². The van der Waals surface area contributed by atoms with E-state index in [9.17, 15) is 4.79 Å². The van der Waals surface area contributed by atoms with Crippen molar-refractivity contribution < 1.29 is 4.79 Å². The molecule has 2 aromatic rings. The maximum Gasteiger partial charge on any atom is 0.179 e. The SMILES string of the molecule is CCc1cccc(C(=O)C(N)Cc2ccccc2)c1.